The first kappa shape index (κ1) is 12.9. The Bertz CT molecular complexity index is 661. The van der Waals surface area contributed by atoms with Crippen molar-refractivity contribution in [2.75, 3.05) is 6.54 Å². The number of carbonyl (C=O) groups is 1. The molecule has 0 spiro atoms. The summed E-state index contributed by atoms with van der Waals surface area (Å²) < 4.78 is 0. The molecule has 2 aliphatic rings. The molecule has 2 fully saturated rings. The van der Waals surface area contributed by atoms with Crippen molar-refractivity contribution in [3.63, 3.8) is 0 Å². The van der Waals surface area contributed by atoms with Crippen molar-refractivity contribution in [3.8, 4) is 0 Å². The molecular formula is C17H21N3O. The minimum absolute atomic E-state index is 0.115. The Morgan fingerprint density at radius 2 is 1.95 bits per heavy atom. The number of nitrogens with one attached hydrogen (secondary N) is 1. The molecule has 0 radical (unpaired) electrons. The fourth-order valence-electron chi connectivity index (χ4n) is 4.14. The zero-order valence-electron chi connectivity index (χ0n) is 12.2. The third-order valence-corrected chi connectivity index (χ3v) is 5.18. The van der Waals surface area contributed by atoms with Crippen LogP contribution >= 0.6 is 0 Å². The molecular weight excluding hydrogens is 262 g/mol. The van der Waals surface area contributed by atoms with Crippen LogP contribution in [0.25, 0.3) is 10.9 Å². The van der Waals surface area contributed by atoms with Gasteiger partial charge in [0.2, 0.25) is 0 Å². The van der Waals surface area contributed by atoms with Gasteiger partial charge in [-0.05, 0) is 37.7 Å². The van der Waals surface area contributed by atoms with Crippen LogP contribution in [-0.2, 0) is 0 Å². The quantitative estimate of drug-likeness (QED) is 0.872. The van der Waals surface area contributed by atoms with E-state index in [-0.39, 0.29) is 5.91 Å². The van der Waals surface area contributed by atoms with Gasteiger partial charge in [0.25, 0.3) is 5.91 Å². The minimum Gasteiger partial charge on any atom is -0.334 e. The Morgan fingerprint density at radius 1 is 1.14 bits per heavy atom. The number of rotatable bonds is 1. The number of H-pyrrole nitrogens is 1. The van der Waals surface area contributed by atoms with E-state index in [1.807, 2.05) is 24.3 Å². The molecule has 1 aromatic carbocycles. The van der Waals surface area contributed by atoms with E-state index in [1.54, 1.807) is 0 Å². The van der Waals surface area contributed by atoms with Gasteiger partial charge in [0.1, 0.15) is 0 Å². The molecule has 0 unspecified atom stereocenters. The van der Waals surface area contributed by atoms with Crippen LogP contribution < -0.4 is 0 Å². The molecule has 1 saturated carbocycles. The molecule has 4 rings (SSSR count). The van der Waals surface area contributed by atoms with Crippen LogP contribution in [-0.4, -0.2) is 33.6 Å². The van der Waals surface area contributed by atoms with Gasteiger partial charge in [0.15, 0.2) is 5.69 Å². The van der Waals surface area contributed by atoms with Gasteiger partial charge in [-0.3, -0.25) is 9.89 Å². The number of likely N-dealkylation sites (tertiary alicyclic amines) is 1. The van der Waals surface area contributed by atoms with E-state index in [4.69, 9.17) is 0 Å². The largest absolute Gasteiger partial charge is 0.334 e. The van der Waals surface area contributed by atoms with Crippen LogP contribution in [0.2, 0.25) is 0 Å². The van der Waals surface area contributed by atoms with Crippen LogP contribution in [0.5, 0.6) is 0 Å². The molecule has 1 amide bonds. The van der Waals surface area contributed by atoms with Crippen molar-refractivity contribution < 1.29 is 4.79 Å². The van der Waals surface area contributed by atoms with Crippen LogP contribution in [0.4, 0.5) is 0 Å². The minimum atomic E-state index is 0.115. The number of aromatic amines is 1. The standard InChI is InChI=1S/C17H21N3O/c21-17(16-13-8-2-3-9-14(13)18-19-16)20-11-5-7-12-6-1-4-10-15(12)20/h2-3,8-9,12,15H,1,4-7,10-11H2,(H,18,19)/t12-,15-/m1/s1. The molecule has 1 N–H and O–H groups in total. The highest BCUT2D eigenvalue weighted by atomic mass is 16.2. The first-order valence-electron chi connectivity index (χ1n) is 8.08. The number of hydrogen-bond acceptors (Lipinski definition) is 2. The second kappa shape index (κ2) is 5.17. The highest BCUT2D eigenvalue weighted by Gasteiger charge is 2.36. The fraction of sp³-hybridized carbons (Fsp3) is 0.529. The summed E-state index contributed by atoms with van der Waals surface area (Å²) in [5.74, 6) is 0.825. The lowest BCUT2D eigenvalue weighted by Crippen LogP contribution is -2.49. The first-order valence-corrected chi connectivity index (χ1v) is 8.08. The molecule has 2 aromatic rings. The topological polar surface area (TPSA) is 49.0 Å². The summed E-state index contributed by atoms with van der Waals surface area (Å²) in [5, 5.41) is 8.22. The number of fused-ring (bicyclic) bond motifs is 2. The Hall–Kier alpha value is -1.84. The first-order chi connectivity index (χ1) is 10.3. The summed E-state index contributed by atoms with van der Waals surface area (Å²) >= 11 is 0. The van der Waals surface area contributed by atoms with Crippen LogP contribution in [0, 0.1) is 5.92 Å². The maximum atomic E-state index is 13.0. The Labute approximate surface area is 124 Å². The molecule has 4 heteroatoms. The van der Waals surface area contributed by atoms with Gasteiger partial charge in [-0.15, -0.1) is 0 Å². The molecule has 1 aliphatic heterocycles. The third-order valence-electron chi connectivity index (χ3n) is 5.18. The molecule has 21 heavy (non-hydrogen) atoms. The molecule has 2 heterocycles. The molecule has 1 aliphatic carbocycles. The van der Waals surface area contributed by atoms with Gasteiger partial charge in [0.05, 0.1) is 5.52 Å². The zero-order valence-corrected chi connectivity index (χ0v) is 12.2. The predicted molar refractivity (Wildman–Crippen MR) is 82.1 cm³/mol. The molecule has 4 nitrogen and oxygen atoms in total. The number of nitrogens with zero attached hydrogens (tertiary/aromatic N) is 2. The van der Waals surface area contributed by atoms with Gasteiger partial charge in [-0.25, -0.2) is 0 Å². The smallest absolute Gasteiger partial charge is 0.275 e. The molecule has 1 aromatic heterocycles. The second-order valence-corrected chi connectivity index (χ2v) is 6.37. The van der Waals surface area contributed by atoms with E-state index in [1.165, 1.54) is 32.1 Å². The van der Waals surface area contributed by atoms with Crippen molar-refractivity contribution in [1.29, 1.82) is 0 Å². The lowest BCUT2D eigenvalue weighted by Gasteiger charge is -2.43. The van der Waals surface area contributed by atoms with E-state index in [0.717, 1.165) is 23.9 Å². The lowest BCUT2D eigenvalue weighted by atomic mass is 9.78. The average Bonchev–Trinajstić information content (AvgIpc) is 2.98. The summed E-state index contributed by atoms with van der Waals surface area (Å²) in [5.41, 5.74) is 1.54. The maximum absolute atomic E-state index is 13.0. The van der Waals surface area contributed by atoms with Crippen LogP contribution in [0.15, 0.2) is 24.3 Å². The van der Waals surface area contributed by atoms with E-state index in [9.17, 15) is 4.79 Å². The average molecular weight is 283 g/mol. The van der Waals surface area contributed by atoms with Crippen molar-refractivity contribution in [3.05, 3.63) is 30.0 Å². The van der Waals surface area contributed by atoms with Gasteiger partial charge in [0, 0.05) is 18.0 Å². The zero-order chi connectivity index (χ0) is 14.2. The van der Waals surface area contributed by atoms with E-state index in [0.29, 0.717) is 17.7 Å². The number of aromatic nitrogens is 2. The van der Waals surface area contributed by atoms with E-state index < -0.39 is 0 Å². The fourth-order valence-corrected chi connectivity index (χ4v) is 4.14. The highest BCUT2D eigenvalue weighted by Crippen LogP contribution is 2.36. The van der Waals surface area contributed by atoms with Crippen molar-refractivity contribution >= 4 is 16.8 Å². The summed E-state index contributed by atoms with van der Waals surface area (Å²) in [4.78, 5) is 15.1. The Kier molecular flexibility index (Phi) is 3.17. The van der Waals surface area contributed by atoms with Crippen molar-refractivity contribution in [2.24, 2.45) is 5.92 Å². The van der Waals surface area contributed by atoms with Crippen molar-refractivity contribution in [2.45, 2.75) is 44.6 Å². The number of amides is 1. The van der Waals surface area contributed by atoms with Gasteiger partial charge < -0.3 is 4.90 Å². The summed E-state index contributed by atoms with van der Waals surface area (Å²) in [6.07, 6.45) is 7.46. The predicted octanol–water partition coefficient (Wildman–Crippen LogP) is 3.36. The molecule has 2 atom stereocenters. The van der Waals surface area contributed by atoms with Gasteiger partial charge in [-0.2, -0.15) is 5.10 Å². The number of carbonyl (C=O) groups excluding carboxylic acids is 1. The third kappa shape index (κ3) is 2.13. The molecule has 110 valence electrons. The normalized spacial score (nSPS) is 25.8. The molecule has 0 bridgehead atoms. The van der Waals surface area contributed by atoms with E-state index >= 15 is 0 Å². The number of hydrogen-bond donors (Lipinski definition) is 1. The van der Waals surface area contributed by atoms with E-state index in [2.05, 4.69) is 15.1 Å². The highest BCUT2D eigenvalue weighted by molar-refractivity contribution is 6.04. The summed E-state index contributed by atoms with van der Waals surface area (Å²) in [6.45, 7) is 0.890. The number of para-hydroxylation sites is 1. The van der Waals surface area contributed by atoms with Crippen LogP contribution in [0.1, 0.15) is 49.0 Å². The van der Waals surface area contributed by atoms with Crippen molar-refractivity contribution in [1.82, 2.24) is 15.1 Å². The Morgan fingerprint density at radius 3 is 2.90 bits per heavy atom. The Balaban J connectivity index is 1.67. The molecule has 1 saturated heterocycles. The monoisotopic (exact) mass is 283 g/mol. The van der Waals surface area contributed by atoms with Crippen LogP contribution in [0.3, 0.4) is 0 Å². The summed E-state index contributed by atoms with van der Waals surface area (Å²) in [7, 11) is 0. The lowest BCUT2D eigenvalue weighted by molar-refractivity contribution is 0.0387. The number of benzene rings is 1. The van der Waals surface area contributed by atoms with Gasteiger partial charge >= 0.3 is 0 Å². The second-order valence-electron chi connectivity index (χ2n) is 6.37. The van der Waals surface area contributed by atoms with Gasteiger partial charge in [-0.1, -0.05) is 31.0 Å². The maximum Gasteiger partial charge on any atom is 0.275 e. The summed E-state index contributed by atoms with van der Waals surface area (Å²) in [6, 6.07) is 8.32. The number of piperidine rings is 1. The SMILES string of the molecule is O=C(c1n[nH]c2ccccc12)N1CCC[C@H]2CCCC[C@H]21.